The highest BCUT2D eigenvalue weighted by Gasteiger charge is 1.78. The van der Waals surface area contributed by atoms with Gasteiger partial charge in [0.05, 0.1) is 0 Å². The summed E-state index contributed by atoms with van der Waals surface area (Å²) in [6.07, 6.45) is 0. The lowest BCUT2D eigenvalue weighted by Crippen LogP contribution is -2.44. The highest BCUT2D eigenvalue weighted by atomic mass is 32.2. The Hall–Kier alpha value is 0.1000. The molecule has 56 valence electrons. The van der Waals surface area contributed by atoms with E-state index in [4.69, 9.17) is 0 Å². The quantitative estimate of drug-likeness (QED) is 0.313. The van der Waals surface area contributed by atoms with Gasteiger partial charge in [0.15, 0.2) is 0 Å². The summed E-state index contributed by atoms with van der Waals surface area (Å²) < 4.78 is 38.3. The molecule has 0 heterocycles. The fraction of sp³-hybridized carbons (Fsp3) is 0. The first kappa shape index (κ1) is 9.10. The zero-order valence-electron chi connectivity index (χ0n) is 3.95. The van der Waals surface area contributed by atoms with Crippen LogP contribution >= 0.6 is 0 Å². The zero-order valence-corrected chi connectivity index (χ0v) is 5.58. The topological polar surface area (TPSA) is 116 Å². The van der Waals surface area contributed by atoms with Gasteiger partial charge in [-0.25, -0.2) is 0 Å². The van der Waals surface area contributed by atoms with Gasteiger partial charge in [-0.3, -0.25) is 8.42 Å². The van der Waals surface area contributed by atoms with Gasteiger partial charge in [0.1, 0.15) is 0 Å². The van der Waals surface area contributed by atoms with Crippen LogP contribution in [-0.4, -0.2) is 17.5 Å². The molecule has 0 rings (SSSR count). The van der Waals surface area contributed by atoms with Crippen molar-refractivity contribution in [1.82, 2.24) is 15.2 Å². The molecule has 0 bridgehead atoms. The summed E-state index contributed by atoms with van der Waals surface area (Å²) in [5, 5.41) is 0. The maximum atomic E-state index is 9.57. The highest BCUT2D eigenvalue weighted by Crippen LogP contribution is 1.54. The van der Waals surface area contributed by atoms with Crippen LogP contribution in [0.4, 0.5) is 0 Å². The maximum absolute atomic E-state index is 9.57. The van der Waals surface area contributed by atoms with Crippen LogP contribution in [0.1, 0.15) is 0 Å². The Bertz CT molecular complexity index is 109. The minimum absolute atomic E-state index is 1.54. The zero-order chi connectivity index (χ0) is 7.28. The fourth-order valence-corrected chi connectivity index (χ4v) is 0.438. The lowest BCUT2D eigenvalue weighted by Gasteiger charge is -2.10. The van der Waals surface area contributed by atoms with Gasteiger partial charge >= 0.3 is 0 Å². The van der Waals surface area contributed by atoms with Gasteiger partial charge in [0.25, 0.3) is 0 Å². The molecular formula is H3N3O4S2-2. The average molecular weight is 173 g/mol. The first-order valence-corrected chi connectivity index (χ1v) is 3.72. The van der Waals surface area contributed by atoms with Crippen molar-refractivity contribution in [2.75, 3.05) is 0 Å². The minimum Gasteiger partial charge on any atom is -0.759 e. The molecule has 7 nitrogen and oxygen atoms in total. The van der Waals surface area contributed by atoms with E-state index in [2.05, 4.69) is 0 Å². The summed E-state index contributed by atoms with van der Waals surface area (Å²) >= 11 is -5.06. The van der Waals surface area contributed by atoms with Crippen LogP contribution in [0.3, 0.4) is 0 Å². The molecular weight excluding hydrogens is 170 g/mol. The third kappa shape index (κ3) is 8.10. The predicted molar refractivity (Wildman–Crippen MR) is 27.2 cm³/mol. The second-order valence-corrected chi connectivity index (χ2v) is 2.15. The van der Waals surface area contributed by atoms with Gasteiger partial charge in [-0.15, -0.1) is 0 Å². The molecule has 0 aliphatic carbocycles. The van der Waals surface area contributed by atoms with Crippen LogP contribution in [0, 0.1) is 0 Å². The largest absolute Gasteiger partial charge is 0.759 e. The first-order chi connectivity index (χ1) is 4.13. The van der Waals surface area contributed by atoms with E-state index in [-0.39, 0.29) is 0 Å². The number of rotatable bonds is 4. The van der Waals surface area contributed by atoms with Crippen molar-refractivity contribution in [3.8, 4) is 0 Å². The molecule has 0 saturated carbocycles. The summed E-state index contributed by atoms with van der Waals surface area (Å²) in [5.41, 5.74) is 1.66. The Morgan fingerprint density at radius 2 is 1.33 bits per heavy atom. The number of hydrogen-bond donors (Lipinski definition) is 3. The molecule has 0 radical (unpaired) electrons. The smallest absolute Gasteiger partial charge is 0.0336 e. The minimum atomic E-state index is -2.53. The molecule has 0 aliphatic rings. The molecule has 0 spiro atoms. The summed E-state index contributed by atoms with van der Waals surface area (Å²) in [5.74, 6) is 0. The Balaban J connectivity index is 3.10. The maximum Gasteiger partial charge on any atom is 0.0336 e. The highest BCUT2D eigenvalue weighted by molar-refractivity contribution is 7.77. The van der Waals surface area contributed by atoms with E-state index in [1.54, 1.807) is 5.53 Å². The van der Waals surface area contributed by atoms with Crippen LogP contribution in [0.15, 0.2) is 0 Å². The van der Waals surface area contributed by atoms with Gasteiger partial charge in [-0.05, 0) is 0 Å². The molecule has 2 atom stereocenters. The monoisotopic (exact) mass is 173 g/mol. The van der Waals surface area contributed by atoms with Crippen molar-refractivity contribution in [3.05, 3.63) is 0 Å². The van der Waals surface area contributed by atoms with E-state index in [0.717, 1.165) is 0 Å². The molecule has 0 aromatic carbocycles. The molecule has 9 heavy (non-hydrogen) atoms. The third-order valence-corrected chi connectivity index (χ3v) is 0.806. The SMILES string of the molecule is O=S([O-])NNNS(=O)[O-]. The lowest BCUT2D eigenvalue weighted by atomic mass is 12.6. The van der Waals surface area contributed by atoms with Gasteiger partial charge < -0.3 is 9.11 Å². The van der Waals surface area contributed by atoms with Gasteiger partial charge in [0, 0.05) is 22.5 Å². The van der Waals surface area contributed by atoms with Crippen molar-refractivity contribution in [2.24, 2.45) is 0 Å². The van der Waals surface area contributed by atoms with Crippen LogP contribution < -0.4 is 15.2 Å². The number of nitrogens with one attached hydrogen (secondary N) is 3. The molecule has 0 aliphatic heterocycles. The molecule has 0 saturated heterocycles. The first-order valence-electron chi connectivity index (χ1n) is 1.57. The van der Waals surface area contributed by atoms with Crippen LogP contribution in [0.2, 0.25) is 0 Å². The van der Waals surface area contributed by atoms with E-state index >= 15 is 0 Å². The van der Waals surface area contributed by atoms with E-state index in [1.807, 2.05) is 0 Å². The van der Waals surface area contributed by atoms with Gasteiger partial charge in [0.2, 0.25) is 0 Å². The van der Waals surface area contributed by atoms with Crippen molar-refractivity contribution >= 4 is 22.5 Å². The number of hydrazine groups is 2. The Kier molecular flexibility index (Phi) is 4.99. The van der Waals surface area contributed by atoms with Crippen molar-refractivity contribution in [1.29, 1.82) is 0 Å². The summed E-state index contributed by atoms with van der Waals surface area (Å²) in [7, 11) is 0. The summed E-state index contributed by atoms with van der Waals surface area (Å²) in [6, 6.07) is 0. The van der Waals surface area contributed by atoms with Crippen molar-refractivity contribution in [2.45, 2.75) is 0 Å². The van der Waals surface area contributed by atoms with Gasteiger partial charge in [-0.1, -0.05) is 0 Å². The molecule has 0 fully saturated rings. The predicted octanol–water partition coefficient (Wildman–Crippen LogP) is -2.83. The van der Waals surface area contributed by atoms with Crippen molar-refractivity contribution in [3.63, 3.8) is 0 Å². The molecule has 0 amide bonds. The fourth-order valence-electron chi connectivity index (χ4n) is 0.104. The number of hydrogen-bond acceptors (Lipinski definition) is 5. The van der Waals surface area contributed by atoms with Crippen LogP contribution in [-0.2, 0) is 22.5 Å². The second-order valence-electron chi connectivity index (χ2n) is 0.799. The molecule has 9 heteroatoms. The van der Waals surface area contributed by atoms with Crippen molar-refractivity contribution < 1.29 is 17.5 Å². The standard InChI is InChI=1S/H5N3O4S2/c4-8(5)2-1-3-9(6)7/h1-3H,(H,4,5)(H,6,7)/p-2. The Morgan fingerprint density at radius 3 is 1.56 bits per heavy atom. The van der Waals surface area contributed by atoms with E-state index in [0.29, 0.717) is 0 Å². The lowest BCUT2D eigenvalue weighted by molar-refractivity contribution is 0.478. The second kappa shape index (κ2) is 4.93. The molecule has 0 aromatic heterocycles. The van der Waals surface area contributed by atoms with Crippen LogP contribution in [0.5, 0.6) is 0 Å². The Morgan fingerprint density at radius 1 is 1.00 bits per heavy atom. The molecule has 3 N–H and O–H groups in total. The van der Waals surface area contributed by atoms with E-state index in [9.17, 15) is 17.5 Å². The van der Waals surface area contributed by atoms with E-state index < -0.39 is 22.5 Å². The van der Waals surface area contributed by atoms with Gasteiger partial charge in [-0.2, -0.15) is 15.2 Å². The van der Waals surface area contributed by atoms with Crippen LogP contribution in [0.25, 0.3) is 0 Å². The Labute approximate surface area is 56.0 Å². The summed E-state index contributed by atoms with van der Waals surface area (Å²) in [6.45, 7) is 0. The summed E-state index contributed by atoms with van der Waals surface area (Å²) in [4.78, 5) is 3.08. The molecule has 2 unspecified atom stereocenters. The molecule has 0 aromatic rings. The third-order valence-electron chi connectivity index (χ3n) is 0.269. The average Bonchev–Trinajstić information content (AvgIpc) is 1.63. The van der Waals surface area contributed by atoms with E-state index in [1.165, 1.54) is 9.66 Å². The normalized spacial score (nSPS) is 17.1.